The van der Waals surface area contributed by atoms with Gasteiger partial charge in [-0.2, -0.15) is 0 Å². The van der Waals surface area contributed by atoms with Crippen LogP contribution in [0.1, 0.15) is 59.8 Å². The zero-order chi connectivity index (χ0) is 11.3. The smallest absolute Gasteiger partial charge is 0.00104 e. The number of hydrogen-bond acceptors (Lipinski definition) is 1. The van der Waals surface area contributed by atoms with E-state index >= 15 is 0 Å². The van der Waals surface area contributed by atoms with E-state index < -0.39 is 0 Å². The highest BCUT2D eigenvalue weighted by Crippen LogP contribution is 2.32. The van der Waals surface area contributed by atoms with Gasteiger partial charge in [0.1, 0.15) is 0 Å². The highest BCUT2D eigenvalue weighted by Gasteiger charge is 2.21. The van der Waals surface area contributed by atoms with Gasteiger partial charge in [-0.3, -0.25) is 0 Å². The Morgan fingerprint density at radius 1 is 0.933 bits per heavy atom. The zero-order valence-electron chi connectivity index (χ0n) is 11.1. The quantitative estimate of drug-likeness (QED) is 0.728. The first-order valence-electron chi connectivity index (χ1n) is 6.81. The van der Waals surface area contributed by atoms with Crippen LogP contribution >= 0.6 is 0 Å². The standard InChI is InChI=1S/C14H29N/c1-11(2)9-13-5-7-14(8-6-13)10-15-12(3)4/h11-15H,5-10H2,1-4H3. The first kappa shape index (κ1) is 13.0. The number of rotatable bonds is 5. The summed E-state index contributed by atoms with van der Waals surface area (Å²) in [5.41, 5.74) is 0. The minimum atomic E-state index is 0.651. The average Bonchev–Trinajstić information content (AvgIpc) is 2.16. The molecule has 0 bridgehead atoms. The molecule has 0 unspecified atom stereocenters. The van der Waals surface area contributed by atoms with Gasteiger partial charge in [-0.05, 0) is 43.6 Å². The first-order valence-corrected chi connectivity index (χ1v) is 6.81. The lowest BCUT2D eigenvalue weighted by Gasteiger charge is -2.30. The van der Waals surface area contributed by atoms with Gasteiger partial charge in [-0.1, -0.05) is 40.5 Å². The summed E-state index contributed by atoms with van der Waals surface area (Å²) >= 11 is 0. The van der Waals surface area contributed by atoms with Crippen LogP contribution in [0, 0.1) is 17.8 Å². The minimum Gasteiger partial charge on any atom is -0.314 e. The molecule has 15 heavy (non-hydrogen) atoms. The average molecular weight is 211 g/mol. The van der Waals surface area contributed by atoms with E-state index in [2.05, 4.69) is 33.0 Å². The predicted octanol–water partition coefficient (Wildman–Crippen LogP) is 3.84. The second kappa shape index (κ2) is 6.52. The normalized spacial score (nSPS) is 27.6. The van der Waals surface area contributed by atoms with E-state index in [1.807, 2.05) is 0 Å². The van der Waals surface area contributed by atoms with Gasteiger partial charge in [-0.15, -0.1) is 0 Å². The highest BCUT2D eigenvalue weighted by molar-refractivity contribution is 4.75. The second-order valence-electron chi connectivity index (χ2n) is 6.08. The molecule has 90 valence electrons. The molecule has 0 aromatic carbocycles. The van der Waals surface area contributed by atoms with Crippen LogP contribution in [0.3, 0.4) is 0 Å². The molecule has 1 N–H and O–H groups in total. The van der Waals surface area contributed by atoms with Crippen molar-refractivity contribution < 1.29 is 0 Å². The molecule has 0 atom stereocenters. The summed E-state index contributed by atoms with van der Waals surface area (Å²) in [6.07, 6.45) is 7.31. The van der Waals surface area contributed by atoms with Crippen molar-refractivity contribution in [1.82, 2.24) is 5.32 Å². The van der Waals surface area contributed by atoms with E-state index in [0.717, 1.165) is 17.8 Å². The fraction of sp³-hybridized carbons (Fsp3) is 1.00. The predicted molar refractivity (Wildman–Crippen MR) is 68.0 cm³/mol. The van der Waals surface area contributed by atoms with Gasteiger partial charge in [0.15, 0.2) is 0 Å². The molecule has 0 spiro atoms. The summed E-state index contributed by atoms with van der Waals surface area (Å²) in [5, 5.41) is 3.57. The Morgan fingerprint density at radius 3 is 1.93 bits per heavy atom. The Kier molecular flexibility index (Phi) is 5.66. The Labute approximate surface area is 96.0 Å². The Bertz CT molecular complexity index is 155. The third-order valence-corrected chi connectivity index (χ3v) is 3.59. The van der Waals surface area contributed by atoms with Crippen molar-refractivity contribution in [3.63, 3.8) is 0 Å². The topological polar surface area (TPSA) is 12.0 Å². The summed E-state index contributed by atoms with van der Waals surface area (Å²) < 4.78 is 0. The Morgan fingerprint density at radius 2 is 1.47 bits per heavy atom. The SMILES string of the molecule is CC(C)CC1CCC(CNC(C)C)CC1. The summed E-state index contributed by atoms with van der Waals surface area (Å²) in [6, 6.07) is 0.651. The maximum atomic E-state index is 3.57. The van der Waals surface area contributed by atoms with Crippen molar-refractivity contribution in [2.45, 2.75) is 65.8 Å². The van der Waals surface area contributed by atoms with Crippen LogP contribution in [-0.2, 0) is 0 Å². The summed E-state index contributed by atoms with van der Waals surface area (Å²) in [4.78, 5) is 0. The van der Waals surface area contributed by atoms with Gasteiger partial charge in [0.25, 0.3) is 0 Å². The monoisotopic (exact) mass is 211 g/mol. The van der Waals surface area contributed by atoms with Crippen LogP contribution in [0.4, 0.5) is 0 Å². The molecular weight excluding hydrogens is 182 g/mol. The second-order valence-corrected chi connectivity index (χ2v) is 6.08. The molecule has 0 amide bonds. The Hall–Kier alpha value is -0.0400. The first-order chi connectivity index (χ1) is 7.08. The van der Waals surface area contributed by atoms with Crippen molar-refractivity contribution >= 4 is 0 Å². The third-order valence-electron chi connectivity index (χ3n) is 3.59. The van der Waals surface area contributed by atoms with Gasteiger partial charge < -0.3 is 5.32 Å². The molecule has 0 aromatic rings. The molecule has 1 aliphatic rings. The van der Waals surface area contributed by atoms with Crippen molar-refractivity contribution in [1.29, 1.82) is 0 Å². The van der Waals surface area contributed by atoms with E-state index in [9.17, 15) is 0 Å². The molecule has 1 rings (SSSR count). The van der Waals surface area contributed by atoms with E-state index in [1.165, 1.54) is 38.6 Å². The van der Waals surface area contributed by atoms with Crippen LogP contribution in [0.15, 0.2) is 0 Å². The summed E-state index contributed by atoms with van der Waals surface area (Å²) in [7, 11) is 0. The number of hydrogen-bond donors (Lipinski definition) is 1. The lowest BCUT2D eigenvalue weighted by Crippen LogP contribution is -2.31. The van der Waals surface area contributed by atoms with Crippen LogP contribution in [0.5, 0.6) is 0 Å². The van der Waals surface area contributed by atoms with Gasteiger partial charge in [0.05, 0.1) is 0 Å². The maximum Gasteiger partial charge on any atom is 0.00104 e. The largest absolute Gasteiger partial charge is 0.314 e. The van der Waals surface area contributed by atoms with Crippen molar-refractivity contribution in [2.24, 2.45) is 17.8 Å². The van der Waals surface area contributed by atoms with Crippen molar-refractivity contribution in [2.75, 3.05) is 6.54 Å². The van der Waals surface area contributed by atoms with Gasteiger partial charge in [0, 0.05) is 6.04 Å². The van der Waals surface area contributed by atoms with Crippen LogP contribution in [0.25, 0.3) is 0 Å². The van der Waals surface area contributed by atoms with Crippen LogP contribution < -0.4 is 5.32 Å². The lowest BCUT2D eigenvalue weighted by molar-refractivity contribution is 0.237. The van der Waals surface area contributed by atoms with E-state index in [4.69, 9.17) is 0 Å². The molecule has 1 heteroatoms. The highest BCUT2D eigenvalue weighted by atomic mass is 14.9. The fourth-order valence-corrected chi connectivity index (χ4v) is 2.74. The molecule has 0 radical (unpaired) electrons. The minimum absolute atomic E-state index is 0.651. The maximum absolute atomic E-state index is 3.57. The summed E-state index contributed by atoms with van der Waals surface area (Å²) in [6.45, 7) is 10.4. The van der Waals surface area contributed by atoms with Crippen molar-refractivity contribution in [3.8, 4) is 0 Å². The zero-order valence-corrected chi connectivity index (χ0v) is 11.1. The molecule has 1 nitrogen and oxygen atoms in total. The van der Waals surface area contributed by atoms with Crippen LogP contribution in [-0.4, -0.2) is 12.6 Å². The van der Waals surface area contributed by atoms with Crippen molar-refractivity contribution in [3.05, 3.63) is 0 Å². The molecule has 0 aliphatic heterocycles. The van der Waals surface area contributed by atoms with Gasteiger partial charge in [-0.25, -0.2) is 0 Å². The summed E-state index contributed by atoms with van der Waals surface area (Å²) in [5.74, 6) is 2.87. The van der Waals surface area contributed by atoms with Gasteiger partial charge >= 0.3 is 0 Å². The van der Waals surface area contributed by atoms with Gasteiger partial charge in [0.2, 0.25) is 0 Å². The molecule has 1 fully saturated rings. The van der Waals surface area contributed by atoms with E-state index in [-0.39, 0.29) is 0 Å². The number of nitrogens with one attached hydrogen (secondary N) is 1. The third kappa shape index (κ3) is 5.55. The molecule has 1 saturated carbocycles. The molecule has 0 heterocycles. The fourth-order valence-electron chi connectivity index (χ4n) is 2.74. The molecular formula is C14H29N. The molecule has 0 saturated heterocycles. The van der Waals surface area contributed by atoms with Crippen LogP contribution in [0.2, 0.25) is 0 Å². The lowest BCUT2D eigenvalue weighted by atomic mass is 9.78. The Balaban J connectivity index is 2.12. The van der Waals surface area contributed by atoms with E-state index in [1.54, 1.807) is 0 Å². The molecule has 1 aliphatic carbocycles. The molecule has 0 aromatic heterocycles. The van der Waals surface area contributed by atoms with E-state index in [0.29, 0.717) is 6.04 Å².